The number of aliphatic imine (C=N–C) groups is 1. The Balaban J connectivity index is 1.39. The lowest BCUT2D eigenvalue weighted by atomic mass is 9.78. The number of nitrogens with zero attached hydrogens (tertiary/aromatic N) is 3. The Morgan fingerprint density at radius 3 is 2.67 bits per heavy atom. The number of hydrogen-bond donors (Lipinski definition) is 3. The lowest BCUT2D eigenvalue weighted by molar-refractivity contribution is -0.148. The molecule has 0 spiro atoms. The first-order chi connectivity index (χ1) is 22.0. The topological polar surface area (TPSA) is 124 Å². The van der Waals surface area contributed by atoms with Crippen LogP contribution in [0.25, 0.3) is 0 Å². The van der Waals surface area contributed by atoms with E-state index < -0.39 is 35.4 Å². The molecular weight excluding hydrogens is 631 g/mol. The predicted octanol–water partition coefficient (Wildman–Crippen LogP) is 6.57. The third kappa shape index (κ3) is 7.98. The van der Waals surface area contributed by atoms with E-state index in [4.69, 9.17) is 21.3 Å². The number of carbonyl (C=O) groups excluding carboxylic acids is 1. The standard InChI is InChI=1S/C34H44ClFN4O5S/c1-34(2,33(43)44)12-14-40-19-22-9-8-20(6-4-5-7-21(22)17-27(40)41)16-26-28(32(42)45-3)29(24-11-10-23(36)18-25(24)35)39-30(38-26)31-37-13-15-46-31/h10-11,13,15,18,20-22,27,29,41H,4-9,12,14,16-17,19H2,1-3H3,(H,38,39)(H,43,44)/t20?,21?,22-,27?,29-/m0/s1. The van der Waals surface area contributed by atoms with Crippen molar-refractivity contribution >= 4 is 40.7 Å². The van der Waals surface area contributed by atoms with Crippen molar-refractivity contribution in [1.29, 1.82) is 0 Å². The first-order valence-corrected chi connectivity index (χ1v) is 17.4. The number of carboxylic acids is 1. The molecule has 3 aliphatic rings. The summed E-state index contributed by atoms with van der Waals surface area (Å²) in [5, 5.41) is 26.7. The van der Waals surface area contributed by atoms with Crippen LogP contribution in [-0.4, -0.2) is 64.3 Å². The van der Waals surface area contributed by atoms with Gasteiger partial charge in [0, 0.05) is 40.9 Å². The van der Waals surface area contributed by atoms with Crippen LogP contribution < -0.4 is 5.32 Å². The van der Waals surface area contributed by atoms with Gasteiger partial charge in [0.05, 0.1) is 18.1 Å². The number of likely N-dealkylation sites (tertiary alicyclic amines) is 1. The number of aliphatic hydroxyl groups is 1. The van der Waals surface area contributed by atoms with Gasteiger partial charge in [0.25, 0.3) is 0 Å². The number of amidine groups is 1. The molecule has 2 aliphatic heterocycles. The third-order valence-corrected chi connectivity index (χ3v) is 11.1. The van der Waals surface area contributed by atoms with E-state index in [0.717, 1.165) is 50.8 Å². The van der Waals surface area contributed by atoms with E-state index in [2.05, 4.69) is 15.2 Å². The number of carboxylic acid groups (broad SMARTS) is 1. The summed E-state index contributed by atoms with van der Waals surface area (Å²) in [5.74, 6) is -0.198. The van der Waals surface area contributed by atoms with Crippen molar-refractivity contribution in [1.82, 2.24) is 15.2 Å². The minimum atomic E-state index is -0.852. The van der Waals surface area contributed by atoms with E-state index in [-0.39, 0.29) is 10.9 Å². The second kappa shape index (κ2) is 14.9. The highest BCUT2D eigenvalue weighted by molar-refractivity contribution is 7.11. The molecule has 0 radical (unpaired) electrons. The van der Waals surface area contributed by atoms with Gasteiger partial charge in [0.15, 0.2) is 10.8 Å². The Kier molecular flexibility index (Phi) is 11.2. The fourth-order valence-electron chi connectivity index (χ4n) is 7.07. The number of halogens is 2. The SMILES string of the molecule is COC(=O)C1=C(CC2CCCCC3CC(O)N(CCC(C)(C)C(=O)O)C[C@@H]3CC2)NC(c2nccs2)=N[C@H]1c1ccc(F)cc1Cl. The van der Waals surface area contributed by atoms with Crippen molar-refractivity contribution in [2.75, 3.05) is 20.2 Å². The summed E-state index contributed by atoms with van der Waals surface area (Å²) in [7, 11) is 1.34. The van der Waals surface area contributed by atoms with Crippen LogP contribution in [0.1, 0.15) is 88.2 Å². The predicted molar refractivity (Wildman–Crippen MR) is 176 cm³/mol. The molecule has 46 heavy (non-hydrogen) atoms. The molecule has 2 fully saturated rings. The Hall–Kier alpha value is -2.86. The van der Waals surface area contributed by atoms with Gasteiger partial charge in [0.1, 0.15) is 18.1 Å². The number of allylic oxidation sites excluding steroid dienone is 1. The quantitative estimate of drug-likeness (QED) is 0.255. The van der Waals surface area contributed by atoms with Crippen molar-refractivity contribution in [3.63, 3.8) is 0 Å². The maximum Gasteiger partial charge on any atom is 0.338 e. The second-order valence-electron chi connectivity index (χ2n) is 13.5. The molecular formula is C34H44ClFN4O5S. The molecule has 1 aliphatic carbocycles. The molecule has 1 aromatic carbocycles. The van der Waals surface area contributed by atoms with Crippen molar-refractivity contribution in [3.05, 3.63) is 62.5 Å². The molecule has 1 saturated carbocycles. The highest BCUT2D eigenvalue weighted by Gasteiger charge is 2.38. The highest BCUT2D eigenvalue weighted by atomic mass is 35.5. The number of thiazole rings is 1. The number of hydrogen-bond acceptors (Lipinski definition) is 9. The number of esters is 1. The van der Waals surface area contributed by atoms with Crippen molar-refractivity contribution < 1.29 is 28.9 Å². The van der Waals surface area contributed by atoms with Gasteiger partial charge in [-0.2, -0.15) is 0 Å². The van der Waals surface area contributed by atoms with Crippen LogP contribution in [0, 0.1) is 29.0 Å². The van der Waals surface area contributed by atoms with Gasteiger partial charge in [-0.05, 0) is 82.3 Å². The van der Waals surface area contributed by atoms with Gasteiger partial charge in [-0.15, -0.1) is 11.3 Å². The van der Waals surface area contributed by atoms with E-state index in [1.54, 1.807) is 26.1 Å². The van der Waals surface area contributed by atoms with E-state index in [9.17, 15) is 24.2 Å². The van der Waals surface area contributed by atoms with Gasteiger partial charge in [0.2, 0.25) is 0 Å². The molecule has 0 bridgehead atoms. The molecule has 2 aromatic rings. The molecule has 5 rings (SSSR count). The maximum absolute atomic E-state index is 14.0. The van der Waals surface area contributed by atoms with Crippen LogP contribution in [-0.2, 0) is 14.3 Å². The number of aromatic nitrogens is 1. The number of carbonyl (C=O) groups is 2. The minimum Gasteiger partial charge on any atom is -0.481 e. The minimum absolute atomic E-state index is 0.180. The summed E-state index contributed by atoms with van der Waals surface area (Å²) in [5.41, 5.74) is 0.743. The average molecular weight is 675 g/mol. The van der Waals surface area contributed by atoms with Gasteiger partial charge in [-0.1, -0.05) is 36.9 Å². The van der Waals surface area contributed by atoms with Crippen LogP contribution in [0.2, 0.25) is 5.02 Å². The first kappa shape index (κ1) is 34.5. The normalized spacial score (nSPS) is 26.2. The molecule has 5 atom stereocenters. The van der Waals surface area contributed by atoms with E-state index in [1.165, 1.54) is 30.6 Å². The number of fused-ring (bicyclic) bond motifs is 1. The molecule has 3 unspecified atom stereocenters. The summed E-state index contributed by atoms with van der Waals surface area (Å²) in [6, 6.07) is 3.32. The number of piperidine rings is 1. The average Bonchev–Trinajstić information content (AvgIpc) is 3.58. The van der Waals surface area contributed by atoms with Crippen molar-refractivity contribution in [3.8, 4) is 0 Å². The number of methoxy groups -OCH3 is 1. The van der Waals surface area contributed by atoms with Gasteiger partial charge in [-0.25, -0.2) is 14.2 Å². The summed E-state index contributed by atoms with van der Waals surface area (Å²) >= 11 is 7.96. The molecule has 1 saturated heterocycles. The lowest BCUT2D eigenvalue weighted by Crippen LogP contribution is -2.48. The molecule has 1 aromatic heterocycles. The van der Waals surface area contributed by atoms with E-state index in [0.29, 0.717) is 59.6 Å². The van der Waals surface area contributed by atoms with E-state index >= 15 is 0 Å². The maximum atomic E-state index is 14.0. The Morgan fingerprint density at radius 1 is 1.20 bits per heavy atom. The van der Waals surface area contributed by atoms with E-state index in [1.807, 2.05) is 5.38 Å². The number of rotatable bonds is 9. The van der Waals surface area contributed by atoms with Gasteiger partial charge >= 0.3 is 11.9 Å². The summed E-state index contributed by atoms with van der Waals surface area (Å²) in [6.45, 7) is 4.75. The van der Waals surface area contributed by atoms with Crippen LogP contribution in [0.15, 0.2) is 46.0 Å². The summed E-state index contributed by atoms with van der Waals surface area (Å²) in [6.07, 6.45) is 8.99. The second-order valence-corrected chi connectivity index (χ2v) is 14.8. The zero-order valence-corrected chi connectivity index (χ0v) is 28.2. The lowest BCUT2D eigenvalue weighted by Gasteiger charge is -2.43. The third-order valence-electron chi connectivity index (χ3n) is 9.97. The molecule has 250 valence electrons. The van der Waals surface area contributed by atoms with Gasteiger partial charge < -0.3 is 20.3 Å². The number of aliphatic carboxylic acids is 1. The Bertz CT molecular complexity index is 1470. The number of nitrogens with one attached hydrogen (secondary N) is 1. The monoisotopic (exact) mass is 674 g/mol. The van der Waals surface area contributed by atoms with Crippen LogP contribution in [0.5, 0.6) is 0 Å². The molecule has 9 nitrogen and oxygen atoms in total. The number of aliphatic hydroxyl groups excluding tert-OH is 1. The Morgan fingerprint density at radius 2 is 1.98 bits per heavy atom. The van der Waals surface area contributed by atoms with Crippen LogP contribution >= 0.6 is 22.9 Å². The zero-order valence-electron chi connectivity index (χ0n) is 26.7. The number of benzene rings is 1. The molecule has 3 N–H and O–H groups in total. The summed E-state index contributed by atoms with van der Waals surface area (Å²) in [4.78, 5) is 36.4. The smallest absolute Gasteiger partial charge is 0.338 e. The van der Waals surface area contributed by atoms with Crippen LogP contribution in [0.4, 0.5) is 4.39 Å². The molecule has 12 heteroatoms. The van der Waals surface area contributed by atoms with Crippen molar-refractivity contribution in [2.45, 2.75) is 83.9 Å². The summed E-state index contributed by atoms with van der Waals surface area (Å²) < 4.78 is 19.3. The Labute approximate surface area is 278 Å². The molecule has 0 amide bonds. The fourth-order valence-corrected chi connectivity index (χ4v) is 7.92. The van der Waals surface area contributed by atoms with Crippen molar-refractivity contribution in [2.24, 2.45) is 28.2 Å². The van der Waals surface area contributed by atoms with Gasteiger partial charge in [-0.3, -0.25) is 14.7 Å². The van der Waals surface area contributed by atoms with Crippen LogP contribution in [0.3, 0.4) is 0 Å². The fraction of sp³-hybridized carbons (Fsp3) is 0.588. The number of ether oxygens (including phenoxy) is 1. The first-order valence-electron chi connectivity index (χ1n) is 16.1. The highest BCUT2D eigenvalue weighted by Crippen LogP contribution is 2.41. The largest absolute Gasteiger partial charge is 0.481 e. The molecule has 3 heterocycles. The zero-order chi connectivity index (χ0) is 33.0.